The van der Waals surface area contributed by atoms with Crippen molar-refractivity contribution in [3.63, 3.8) is 0 Å². The van der Waals surface area contributed by atoms with Crippen LogP contribution in [-0.2, 0) is 9.59 Å². The highest BCUT2D eigenvalue weighted by molar-refractivity contribution is 8.18. The monoisotopic (exact) mass is 335 g/mol. The molecule has 2 aliphatic heterocycles. The van der Waals surface area contributed by atoms with Crippen LogP contribution < -0.4 is 5.32 Å². The highest BCUT2D eigenvalue weighted by atomic mass is 32.2. The fourth-order valence-corrected chi connectivity index (χ4v) is 2.84. The predicted molar refractivity (Wildman–Crippen MR) is 80.0 cm³/mol. The average Bonchev–Trinajstić information content (AvgIpc) is 3.04. The molecule has 1 aromatic rings. The van der Waals surface area contributed by atoms with Crippen molar-refractivity contribution in [2.24, 2.45) is 5.10 Å². The Bertz CT molecular complexity index is 760. The molecule has 9 heteroatoms. The number of imide groups is 1. The van der Waals surface area contributed by atoms with E-state index in [0.29, 0.717) is 23.0 Å². The van der Waals surface area contributed by atoms with Crippen LogP contribution in [0.1, 0.15) is 12.0 Å². The minimum atomic E-state index is -1.11. The summed E-state index contributed by atoms with van der Waals surface area (Å²) in [5, 5.41) is 16.2. The topological polar surface area (TPSA) is 99.1 Å². The summed E-state index contributed by atoms with van der Waals surface area (Å²) in [5.74, 6) is -2.11. The molecule has 7 nitrogen and oxygen atoms in total. The van der Waals surface area contributed by atoms with Crippen molar-refractivity contribution in [3.8, 4) is 0 Å². The van der Waals surface area contributed by atoms with Gasteiger partial charge in [-0.05, 0) is 29.5 Å². The number of amides is 2. The van der Waals surface area contributed by atoms with Gasteiger partial charge in [-0.1, -0.05) is 12.1 Å². The van der Waals surface area contributed by atoms with E-state index in [2.05, 4.69) is 10.4 Å². The molecule has 0 aliphatic carbocycles. The number of aliphatic carboxylic acids is 1. The second kappa shape index (κ2) is 5.84. The standard InChI is InChI=1S/C14H10FN3O4S/c15-8-3-1-7(2-4-8)9-5-10(13(20)21)18(17-9)6-11-12(19)16-14(22)23-11/h1-4,6,10H,5H2,(H,20,21)(H,16,19,22)/b11-6-. The summed E-state index contributed by atoms with van der Waals surface area (Å²) in [5.41, 5.74) is 1.06. The molecular weight excluding hydrogens is 325 g/mol. The number of hydrazone groups is 1. The maximum Gasteiger partial charge on any atom is 0.328 e. The molecule has 0 radical (unpaired) electrons. The molecule has 0 bridgehead atoms. The van der Waals surface area contributed by atoms with Crippen LogP contribution in [0.2, 0.25) is 0 Å². The summed E-state index contributed by atoms with van der Waals surface area (Å²) in [6.07, 6.45) is 1.34. The summed E-state index contributed by atoms with van der Waals surface area (Å²) in [7, 11) is 0. The van der Waals surface area contributed by atoms with Crippen LogP contribution >= 0.6 is 11.8 Å². The Hall–Kier alpha value is -2.68. The van der Waals surface area contributed by atoms with Crippen molar-refractivity contribution < 1.29 is 23.9 Å². The number of carbonyl (C=O) groups excluding carboxylic acids is 2. The number of hydrogen-bond donors (Lipinski definition) is 2. The van der Waals surface area contributed by atoms with Gasteiger partial charge in [0.05, 0.1) is 5.71 Å². The third-order valence-electron chi connectivity index (χ3n) is 3.30. The summed E-state index contributed by atoms with van der Waals surface area (Å²) in [6, 6.07) is 4.53. The zero-order valence-corrected chi connectivity index (χ0v) is 12.3. The van der Waals surface area contributed by atoms with Crippen LogP contribution in [0.25, 0.3) is 0 Å². The smallest absolute Gasteiger partial charge is 0.328 e. The Morgan fingerprint density at radius 2 is 2.09 bits per heavy atom. The van der Waals surface area contributed by atoms with Crippen molar-refractivity contribution in [1.29, 1.82) is 0 Å². The number of nitrogens with one attached hydrogen (secondary N) is 1. The van der Waals surface area contributed by atoms with Crippen LogP contribution in [-0.4, -0.2) is 39.0 Å². The van der Waals surface area contributed by atoms with E-state index in [1.165, 1.54) is 30.5 Å². The highest BCUT2D eigenvalue weighted by Gasteiger charge is 2.34. The van der Waals surface area contributed by atoms with Gasteiger partial charge in [-0.15, -0.1) is 0 Å². The van der Waals surface area contributed by atoms with Gasteiger partial charge in [0.2, 0.25) is 0 Å². The van der Waals surface area contributed by atoms with Gasteiger partial charge in [-0.2, -0.15) is 5.10 Å². The van der Waals surface area contributed by atoms with Crippen molar-refractivity contribution >= 4 is 34.6 Å². The molecule has 1 aromatic carbocycles. The zero-order valence-electron chi connectivity index (χ0n) is 11.5. The number of hydrogen-bond acceptors (Lipinski definition) is 6. The summed E-state index contributed by atoms with van der Waals surface area (Å²) >= 11 is 0.681. The fraction of sp³-hybridized carbons (Fsp3) is 0.143. The quantitative estimate of drug-likeness (QED) is 0.813. The van der Waals surface area contributed by atoms with Gasteiger partial charge in [0, 0.05) is 12.6 Å². The zero-order chi connectivity index (χ0) is 16.6. The Morgan fingerprint density at radius 3 is 2.65 bits per heavy atom. The number of carbonyl (C=O) groups is 3. The van der Waals surface area contributed by atoms with Crippen LogP contribution in [0.5, 0.6) is 0 Å². The van der Waals surface area contributed by atoms with Crippen molar-refractivity contribution in [2.45, 2.75) is 12.5 Å². The Morgan fingerprint density at radius 1 is 1.39 bits per heavy atom. The molecule has 0 saturated carbocycles. The lowest BCUT2D eigenvalue weighted by Gasteiger charge is -2.15. The highest BCUT2D eigenvalue weighted by Crippen LogP contribution is 2.27. The van der Waals surface area contributed by atoms with Gasteiger partial charge in [-0.3, -0.25) is 19.9 Å². The van der Waals surface area contributed by atoms with Crippen LogP contribution in [0, 0.1) is 5.82 Å². The molecule has 23 heavy (non-hydrogen) atoms. The van der Waals surface area contributed by atoms with Crippen LogP contribution in [0.15, 0.2) is 40.5 Å². The number of thioether (sulfide) groups is 1. The first kappa shape index (κ1) is 15.2. The van der Waals surface area contributed by atoms with E-state index < -0.39 is 29.0 Å². The van der Waals surface area contributed by atoms with E-state index in [9.17, 15) is 23.9 Å². The van der Waals surface area contributed by atoms with Crippen LogP contribution in [0.3, 0.4) is 0 Å². The van der Waals surface area contributed by atoms with Gasteiger partial charge in [0.1, 0.15) is 10.7 Å². The summed E-state index contributed by atoms with van der Waals surface area (Å²) < 4.78 is 13.0. The van der Waals surface area contributed by atoms with E-state index in [4.69, 9.17) is 0 Å². The largest absolute Gasteiger partial charge is 0.480 e. The van der Waals surface area contributed by atoms with Gasteiger partial charge in [0.25, 0.3) is 11.1 Å². The van der Waals surface area contributed by atoms with Crippen molar-refractivity contribution in [3.05, 3.63) is 46.8 Å². The number of carboxylic acid groups (broad SMARTS) is 1. The lowest BCUT2D eigenvalue weighted by molar-refractivity contribution is -0.141. The normalized spacial score (nSPS) is 22.5. The molecule has 118 valence electrons. The molecular formula is C14H10FN3O4S. The van der Waals surface area contributed by atoms with Crippen molar-refractivity contribution in [1.82, 2.24) is 10.3 Å². The van der Waals surface area contributed by atoms with Gasteiger partial charge >= 0.3 is 5.97 Å². The van der Waals surface area contributed by atoms with Gasteiger partial charge in [0.15, 0.2) is 6.04 Å². The SMILES string of the molecule is O=C1NC(=O)/C(=C/N2N=C(c3ccc(F)cc3)CC2C(=O)O)S1. The molecule has 1 saturated heterocycles. The van der Waals surface area contributed by atoms with E-state index in [-0.39, 0.29) is 11.3 Å². The molecule has 3 rings (SSSR count). The third kappa shape index (κ3) is 3.09. The first-order valence-electron chi connectivity index (χ1n) is 6.53. The minimum absolute atomic E-state index is 0.0744. The average molecular weight is 335 g/mol. The molecule has 2 amide bonds. The number of nitrogens with zero attached hydrogens (tertiary/aromatic N) is 2. The number of benzene rings is 1. The van der Waals surface area contributed by atoms with Gasteiger partial charge in [-0.25, -0.2) is 9.18 Å². The maximum absolute atomic E-state index is 13.0. The Balaban J connectivity index is 1.91. The second-order valence-electron chi connectivity index (χ2n) is 4.83. The molecule has 0 aromatic heterocycles. The lowest BCUT2D eigenvalue weighted by Crippen LogP contribution is -2.31. The predicted octanol–water partition coefficient (Wildman–Crippen LogP) is 1.51. The fourth-order valence-electron chi connectivity index (χ4n) is 2.19. The summed E-state index contributed by atoms with van der Waals surface area (Å²) in [6.45, 7) is 0. The van der Waals surface area contributed by atoms with E-state index in [1.807, 2.05) is 0 Å². The molecule has 1 fully saturated rings. The molecule has 2 heterocycles. The van der Waals surface area contributed by atoms with E-state index >= 15 is 0 Å². The Labute approximate surface area is 133 Å². The maximum atomic E-state index is 13.0. The Kier molecular flexibility index (Phi) is 3.87. The first-order valence-corrected chi connectivity index (χ1v) is 7.35. The third-order valence-corrected chi connectivity index (χ3v) is 4.09. The number of halogens is 1. The molecule has 0 spiro atoms. The number of rotatable bonds is 3. The van der Waals surface area contributed by atoms with E-state index in [1.54, 1.807) is 0 Å². The van der Waals surface area contributed by atoms with Crippen molar-refractivity contribution in [2.75, 3.05) is 0 Å². The molecule has 1 unspecified atom stereocenters. The van der Waals surface area contributed by atoms with E-state index in [0.717, 1.165) is 5.01 Å². The minimum Gasteiger partial charge on any atom is -0.480 e. The summed E-state index contributed by atoms with van der Waals surface area (Å²) in [4.78, 5) is 34.2. The molecule has 2 aliphatic rings. The number of carboxylic acids is 1. The van der Waals surface area contributed by atoms with Crippen LogP contribution in [0.4, 0.5) is 9.18 Å². The van der Waals surface area contributed by atoms with Gasteiger partial charge < -0.3 is 5.11 Å². The molecule has 1 atom stereocenters. The lowest BCUT2D eigenvalue weighted by atomic mass is 10.0. The molecule has 2 N–H and O–H groups in total. The first-order chi connectivity index (χ1) is 10.9. The second-order valence-corrected chi connectivity index (χ2v) is 5.84.